The second-order valence-corrected chi connectivity index (χ2v) is 9.48. The van der Waals surface area contributed by atoms with Crippen LogP contribution in [0.3, 0.4) is 0 Å². The molecule has 1 aromatic carbocycles. The van der Waals surface area contributed by atoms with E-state index < -0.39 is 28.3 Å². The first kappa shape index (κ1) is 18.9. The van der Waals surface area contributed by atoms with Gasteiger partial charge in [-0.05, 0) is 31.5 Å². The molecular formula is C17H18BrNO6S. The van der Waals surface area contributed by atoms with E-state index in [1.165, 1.54) is 11.9 Å². The van der Waals surface area contributed by atoms with Gasteiger partial charge in [-0.1, -0.05) is 15.9 Å². The lowest BCUT2D eigenvalue weighted by Crippen LogP contribution is -2.40. The Kier molecular flexibility index (Phi) is 5.12. The van der Waals surface area contributed by atoms with Crippen LogP contribution in [0.15, 0.2) is 27.1 Å². The Balaban J connectivity index is 1.65. The van der Waals surface area contributed by atoms with Crippen molar-refractivity contribution >= 4 is 48.6 Å². The maximum Gasteiger partial charge on any atom is 0.375 e. The smallest absolute Gasteiger partial charge is 0.375 e. The third-order valence-corrected chi connectivity index (χ3v) is 6.80. The molecular weight excluding hydrogens is 426 g/mol. The molecule has 0 saturated carbocycles. The number of aryl methyl sites for hydroxylation is 1. The Morgan fingerprint density at radius 1 is 1.38 bits per heavy atom. The van der Waals surface area contributed by atoms with Gasteiger partial charge in [0, 0.05) is 28.5 Å². The van der Waals surface area contributed by atoms with Crippen LogP contribution in [0.1, 0.15) is 22.5 Å². The summed E-state index contributed by atoms with van der Waals surface area (Å²) >= 11 is 3.37. The molecule has 1 saturated heterocycles. The molecule has 1 fully saturated rings. The van der Waals surface area contributed by atoms with E-state index in [9.17, 15) is 18.0 Å². The van der Waals surface area contributed by atoms with Crippen molar-refractivity contribution in [3.05, 3.63) is 34.0 Å². The van der Waals surface area contributed by atoms with E-state index in [-0.39, 0.29) is 23.3 Å². The quantitative estimate of drug-likeness (QED) is 0.672. The fourth-order valence-electron chi connectivity index (χ4n) is 2.97. The van der Waals surface area contributed by atoms with Gasteiger partial charge in [-0.25, -0.2) is 13.2 Å². The highest BCUT2D eigenvalue weighted by atomic mass is 79.9. The molecule has 2 aromatic rings. The number of likely N-dealkylation sites (N-methyl/N-ethyl adjacent to an activating group) is 1. The van der Waals surface area contributed by atoms with Crippen LogP contribution < -0.4 is 0 Å². The number of nitrogens with zero attached hydrogens (tertiary/aromatic N) is 1. The summed E-state index contributed by atoms with van der Waals surface area (Å²) in [4.78, 5) is 25.8. The van der Waals surface area contributed by atoms with Gasteiger partial charge in [-0.3, -0.25) is 4.79 Å². The lowest BCUT2D eigenvalue weighted by Gasteiger charge is -2.23. The van der Waals surface area contributed by atoms with E-state index in [0.29, 0.717) is 17.6 Å². The van der Waals surface area contributed by atoms with Gasteiger partial charge in [-0.15, -0.1) is 0 Å². The SMILES string of the molecule is Cc1c(C(=O)OCC(=O)N(C)[C@H]2CCS(=O)(=O)C2)oc2ccc(Br)cc12. The number of furan rings is 1. The number of hydrogen-bond acceptors (Lipinski definition) is 6. The minimum absolute atomic E-state index is 0.0528. The van der Waals surface area contributed by atoms with Crippen molar-refractivity contribution in [1.29, 1.82) is 0 Å². The first-order valence-corrected chi connectivity index (χ1v) is 10.6. The van der Waals surface area contributed by atoms with E-state index >= 15 is 0 Å². The number of amides is 1. The Labute approximate surface area is 159 Å². The van der Waals surface area contributed by atoms with Gasteiger partial charge < -0.3 is 14.1 Å². The van der Waals surface area contributed by atoms with Crippen molar-refractivity contribution in [3.8, 4) is 0 Å². The van der Waals surface area contributed by atoms with Crippen molar-refractivity contribution < 1.29 is 27.2 Å². The summed E-state index contributed by atoms with van der Waals surface area (Å²) in [5.74, 6) is -1.10. The Hall–Kier alpha value is -1.87. The van der Waals surface area contributed by atoms with Crippen molar-refractivity contribution in [2.24, 2.45) is 0 Å². The highest BCUT2D eigenvalue weighted by Crippen LogP contribution is 2.28. The number of carbonyl (C=O) groups excluding carboxylic acids is 2. The molecule has 0 spiro atoms. The van der Waals surface area contributed by atoms with Gasteiger partial charge in [0.15, 0.2) is 16.4 Å². The van der Waals surface area contributed by atoms with Crippen LogP contribution in [-0.4, -0.2) is 56.4 Å². The number of hydrogen-bond donors (Lipinski definition) is 0. The van der Waals surface area contributed by atoms with Gasteiger partial charge in [0.1, 0.15) is 5.58 Å². The van der Waals surface area contributed by atoms with Crippen molar-refractivity contribution in [2.45, 2.75) is 19.4 Å². The molecule has 1 amide bonds. The zero-order chi connectivity index (χ0) is 19.1. The molecule has 1 atom stereocenters. The van der Waals surface area contributed by atoms with Gasteiger partial charge in [-0.2, -0.15) is 0 Å². The lowest BCUT2D eigenvalue weighted by molar-refractivity contribution is -0.134. The maximum absolute atomic E-state index is 12.3. The molecule has 1 aliphatic rings. The standard InChI is InChI=1S/C17H18BrNO6S/c1-10-13-7-11(18)3-4-14(13)25-16(10)17(21)24-8-15(20)19(2)12-5-6-26(22,23)9-12/h3-4,7,12H,5-6,8-9H2,1-2H3/t12-/m0/s1. The molecule has 0 radical (unpaired) electrons. The maximum atomic E-state index is 12.3. The highest BCUT2D eigenvalue weighted by molar-refractivity contribution is 9.10. The summed E-state index contributed by atoms with van der Waals surface area (Å²) in [6, 6.07) is 5.00. The molecule has 1 aromatic heterocycles. The van der Waals surface area contributed by atoms with Crippen molar-refractivity contribution in [3.63, 3.8) is 0 Å². The molecule has 0 N–H and O–H groups in total. The first-order chi connectivity index (χ1) is 12.2. The molecule has 0 unspecified atom stereocenters. The van der Waals surface area contributed by atoms with Gasteiger partial charge in [0.25, 0.3) is 5.91 Å². The van der Waals surface area contributed by atoms with E-state index in [2.05, 4.69) is 15.9 Å². The minimum atomic E-state index is -3.09. The molecule has 3 rings (SSSR count). The zero-order valence-corrected chi connectivity index (χ0v) is 16.7. The van der Waals surface area contributed by atoms with Crippen molar-refractivity contribution in [1.82, 2.24) is 4.90 Å². The zero-order valence-electron chi connectivity index (χ0n) is 14.3. The summed E-state index contributed by atoms with van der Waals surface area (Å²) in [5, 5.41) is 0.783. The molecule has 7 nitrogen and oxygen atoms in total. The number of halogens is 1. The normalized spacial score (nSPS) is 18.8. The van der Waals surface area contributed by atoms with E-state index in [1.807, 2.05) is 6.07 Å². The predicted molar refractivity (Wildman–Crippen MR) is 98.8 cm³/mol. The number of fused-ring (bicyclic) bond motifs is 1. The van der Waals surface area contributed by atoms with Crippen LogP contribution in [0.4, 0.5) is 0 Å². The summed E-state index contributed by atoms with van der Waals surface area (Å²) in [6.07, 6.45) is 0.399. The third kappa shape index (κ3) is 3.78. The molecule has 9 heteroatoms. The molecule has 0 bridgehead atoms. The fourth-order valence-corrected chi connectivity index (χ4v) is 5.10. The molecule has 0 aliphatic carbocycles. The number of ether oxygens (including phenoxy) is 1. The number of esters is 1. The van der Waals surface area contributed by atoms with Crippen LogP contribution in [-0.2, 0) is 19.4 Å². The van der Waals surface area contributed by atoms with Gasteiger partial charge in [0.05, 0.1) is 11.5 Å². The largest absolute Gasteiger partial charge is 0.450 e. The van der Waals surface area contributed by atoms with Gasteiger partial charge in [0.2, 0.25) is 5.76 Å². The van der Waals surface area contributed by atoms with Crippen LogP contribution in [0.2, 0.25) is 0 Å². The van der Waals surface area contributed by atoms with Crippen LogP contribution in [0.25, 0.3) is 11.0 Å². The Morgan fingerprint density at radius 2 is 2.12 bits per heavy atom. The molecule has 140 valence electrons. The van der Waals surface area contributed by atoms with Crippen LogP contribution in [0.5, 0.6) is 0 Å². The highest BCUT2D eigenvalue weighted by Gasteiger charge is 2.33. The Morgan fingerprint density at radius 3 is 2.77 bits per heavy atom. The van der Waals surface area contributed by atoms with Gasteiger partial charge >= 0.3 is 5.97 Å². The third-order valence-electron chi connectivity index (χ3n) is 4.56. The summed E-state index contributed by atoms with van der Waals surface area (Å²) < 4.78 is 34.5. The van der Waals surface area contributed by atoms with Crippen LogP contribution >= 0.6 is 15.9 Å². The second-order valence-electron chi connectivity index (χ2n) is 6.33. The number of rotatable bonds is 4. The summed E-state index contributed by atoms with van der Waals surface area (Å²) in [5.41, 5.74) is 1.19. The van der Waals surface area contributed by atoms with Crippen molar-refractivity contribution in [2.75, 3.05) is 25.2 Å². The van der Waals surface area contributed by atoms with E-state index in [4.69, 9.17) is 9.15 Å². The molecule has 1 aliphatic heterocycles. The number of sulfone groups is 1. The molecule has 26 heavy (non-hydrogen) atoms. The van der Waals surface area contributed by atoms with E-state index in [1.54, 1.807) is 19.1 Å². The monoisotopic (exact) mass is 443 g/mol. The average Bonchev–Trinajstić information content (AvgIpc) is 3.11. The average molecular weight is 444 g/mol. The molecule has 2 heterocycles. The number of benzene rings is 1. The predicted octanol–water partition coefficient (Wildman–Crippen LogP) is 2.31. The summed E-state index contributed by atoms with van der Waals surface area (Å²) in [7, 11) is -1.57. The topological polar surface area (TPSA) is 93.9 Å². The van der Waals surface area contributed by atoms with Crippen LogP contribution in [0, 0.1) is 6.92 Å². The summed E-state index contributed by atoms with van der Waals surface area (Å²) in [6.45, 7) is 1.28. The first-order valence-electron chi connectivity index (χ1n) is 8.00. The fraction of sp³-hybridized carbons (Fsp3) is 0.412. The second kappa shape index (κ2) is 7.03. The lowest BCUT2D eigenvalue weighted by atomic mass is 10.1. The number of carbonyl (C=O) groups is 2. The Bertz CT molecular complexity index is 981. The minimum Gasteiger partial charge on any atom is -0.450 e. The van der Waals surface area contributed by atoms with E-state index in [0.717, 1.165) is 9.86 Å².